The highest BCUT2D eigenvalue weighted by Gasteiger charge is 2.29. The Morgan fingerprint density at radius 3 is 1.67 bits per heavy atom. The fourth-order valence-electron chi connectivity index (χ4n) is 9.11. The summed E-state index contributed by atoms with van der Waals surface area (Å²) in [7, 11) is 0. The molecule has 6 nitrogen and oxygen atoms in total. The number of benzene rings is 9. The molecule has 0 spiro atoms. The van der Waals surface area contributed by atoms with Crippen LogP contribution in [0.15, 0.2) is 257 Å². The second kappa shape index (κ2) is 18.4. The van der Waals surface area contributed by atoms with Gasteiger partial charge in [-0.2, -0.15) is 0 Å². The van der Waals surface area contributed by atoms with Crippen molar-refractivity contribution in [1.29, 1.82) is 0 Å². The van der Waals surface area contributed by atoms with Gasteiger partial charge in [0.15, 0.2) is 5.82 Å². The zero-order valence-electron chi connectivity index (χ0n) is 37.4. The van der Waals surface area contributed by atoms with Crippen LogP contribution in [-0.4, -0.2) is 27.2 Å². The smallest absolute Gasteiger partial charge is 0.362 e. The molecule has 70 heavy (non-hydrogen) atoms. The highest BCUT2D eigenvalue weighted by atomic mass is 35.5. The minimum absolute atomic E-state index is 0.459. The lowest BCUT2D eigenvalue weighted by Crippen LogP contribution is -2.13. The van der Waals surface area contributed by atoms with E-state index in [1.165, 1.54) is 0 Å². The molecule has 0 radical (unpaired) electrons. The zero-order chi connectivity index (χ0) is 47.0. The minimum Gasteiger partial charge on any atom is -0.457 e. The minimum atomic E-state index is 0.459. The topological polar surface area (TPSA) is 73.9 Å². The van der Waals surface area contributed by atoms with E-state index in [-0.39, 0.29) is 0 Å². The Morgan fingerprint density at radius 2 is 1.06 bits per heavy atom. The Labute approximate surface area is 414 Å². The Bertz CT molecular complexity index is 3740. The molecule has 1 aliphatic heterocycles. The first-order valence-electron chi connectivity index (χ1n) is 22.9. The van der Waals surface area contributed by atoms with Crippen LogP contribution in [0.5, 0.6) is 17.2 Å². The van der Waals surface area contributed by atoms with E-state index in [2.05, 4.69) is 65.6 Å². The molecule has 2 aliphatic rings. The van der Waals surface area contributed by atoms with E-state index in [1.807, 2.05) is 170 Å². The van der Waals surface area contributed by atoms with Gasteiger partial charge in [0.05, 0.1) is 44.5 Å². The Kier molecular flexibility index (Phi) is 11.2. The zero-order valence-corrected chi connectivity index (χ0v) is 38.9. The first-order chi connectivity index (χ1) is 34.5. The normalized spacial score (nSPS) is 14.0. The van der Waals surface area contributed by atoms with Gasteiger partial charge in [-0.05, 0) is 51.9 Å². The molecule has 1 N–H and O–H groups in total. The van der Waals surface area contributed by atoms with Crippen molar-refractivity contribution >= 4 is 62.0 Å². The molecule has 2 heterocycles. The number of imidazole rings is 1. The molecule has 0 fully saturated rings. The molecule has 0 unspecified atom stereocenters. The number of hydrogen-bond donors (Lipinski definition) is 1. The summed E-state index contributed by atoms with van der Waals surface area (Å²) < 4.78 is 13.8. The predicted octanol–water partition coefficient (Wildman–Crippen LogP) is 16.5. The van der Waals surface area contributed by atoms with E-state index in [9.17, 15) is 0 Å². The molecule has 0 saturated carbocycles. The first-order valence-corrected chi connectivity index (χ1v) is 23.6. The van der Waals surface area contributed by atoms with Gasteiger partial charge in [-0.3, -0.25) is 0 Å². The van der Waals surface area contributed by atoms with Crippen LogP contribution in [0.25, 0.3) is 66.6 Å². The van der Waals surface area contributed by atoms with Crippen LogP contribution in [-0.2, 0) is 4.42 Å². The quantitative estimate of drug-likeness (QED) is 0.146. The van der Waals surface area contributed by atoms with Crippen molar-refractivity contribution in [2.24, 2.45) is 9.98 Å². The van der Waals surface area contributed by atoms with Crippen molar-refractivity contribution in [2.75, 3.05) is 0 Å². The molecule has 12 rings (SSSR count). The number of fused-ring (bicyclic) bond motifs is 2. The van der Waals surface area contributed by atoms with Crippen molar-refractivity contribution in [1.82, 2.24) is 9.97 Å². The third-order valence-corrected chi connectivity index (χ3v) is 13.1. The van der Waals surface area contributed by atoms with Crippen LogP contribution < -0.4 is 4.74 Å². The number of aliphatic imine (C=N–C) groups is 2. The monoisotopic (exact) mass is 941 g/mol. The number of nitrogens with zero attached hydrogens (tertiary/aromatic N) is 3. The van der Waals surface area contributed by atoms with Crippen molar-refractivity contribution in [2.45, 2.75) is 0 Å². The number of aromatic amines is 1. The van der Waals surface area contributed by atoms with Crippen LogP contribution in [0.2, 0.25) is 5.02 Å². The Hall–Kier alpha value is -8.68. The number of carbonyl (C=O) groups excluding carboxylic acids is 1. The van der Waals surface area contributed by atoms with Crippen molar-refractivity contribution in [3.8, 4) is 62.3 Å². The lowest BCUT2D eigenvalue weighted by atomic mass is 9.92. The van der Waals surface area contributed by atoms with Gasteiger partial charge in [0.1, 0.15) is 17.3 Å². The number of allylic oxidation sites excluding steroid dienone is 5. The van der Waals surface area contributed by atoms with Crippen LogP contribution in [0.3, 0.4) is 0 Å². The highest BCUT2D eigenvalue weighted by Crippen LogP contribution is 2.48. The molecule has 8 heteroatoms. The number of aromatic nitrogens is 2. The maximum Gasteiger partial charge on any atom is 0.362 e. The molecule has 10 aromatic rings. The summed E-state index contributed by atoms with van der Waals surface area (Å²) in [5, 5.41) is 5.02. The van der Waals surface area contributed by atoms with Crippen LogP contribution >= 0.6 is 23.2 Å². The summed E-state index contributed by atoms with van der Waals surface area (Å²) in [4.78, 5) is 18.8. The number of hydrogen-bond acceptors (Lipinski definition) is 4. The van der Waals surface area contributed by atoms with Gasteiger partial charge in [-0.1, -0.05) is 199 Å². The highest BCUT2D eigenvalue weighted by molar-refractivity contribution is 6.55. The SMILES string of the molecule is ClC1=CC(=[O+]c2ccc3ccccc3c2-c2c(Oc3ccc(-c4nc(-c5ccccc5)c(-c5ccccc5)[nH]4)c(Cl)c3)ccc3ccccc23)C=CC1=C1N=C(c2ccccc2)C(c2ccccc2)=N1. The van der Waals surface area contributed by atoms with Crippen molar-refractivity contribution < 1.29 is 9.16 Å². The van der Waals surface area contributed by atoms with E-state index in [0.29, 0.717) is 50.3 Å². The number of H-pyrrole nitrogens is 1. The molecular weight excluding hydrogens is 904 g/mol. The average Bonchev–Trinajstić information content (AvgIpc) is 4.06. The number of nitrogens with one attached hydrogen (secondary N) is 1. The summed E-state index contributed by atoms with van der Waals surface area (Å²) in [6.45, 7) is 0. The van der Waals surface area contributed by atoms with Crippen LogP contribution in [0.4, 0.5) is 0 Å². The molecule has 1 aromatic heterocycles. The van der Waals surface area contributed by atoms with E-state index in [1.54, 1.807) is 0 Å². The Balaban J connectivity index is 0.937. The molecule has 0 bridgehead atoms. The molecule has 9 aromatic carbocycles. The van der Waals surface area contributed by atoms with Crippen LogP contribution in [0.1, 0.15) is 11.1 Å². The lowest BCUT2D eigenvalue weighted by molar-refractivity contribution is -0.363. The predicted molar refractivity (Wildman–Crippen MR) is 287 cm³/mol. The molecule has 0 amide bonds. The first kappa shape index (κ1) is 42.7. The van der Waals surface area contributed by atoms with Gasteiger partial charge < -0.3 is 9.72 Å². The second-order valence-corrected chi connectivity index (χ2v) is 17.6. The lowest BCUT2D eigenvalue weighted by Gasteiger charge is -2.16. The van der Waals surface area contributed by atoms with Crippen molar-refractivity contribution in [3.63, 3.8) is 0 Å². The van der Waals surface area contributed by atoms with Crippen molar-refractivity contribution in [3.05, 3.63) is 263 Å². The second-order valence-electron chi connectivity index (χ2n) is 16.8. The molecular formula is C62H39Cl2N4O2+. The average molecular weight is 943 g/mol. The number of ketones is 1. The number of ether oxygens (including phenoxy) is 1. The number of rotatable bonds is 9. The molecule has 0 saturated heterocycles. The fourth-order valence-corrected chi connectivity index (χ4v) is 9.63. The largest absolute Gasteiger partial charge is 0.457 e. The number of halogens is 2. The van der Waals surface area contributed by atoms with E-state index >= 15 is 0 Å². The molecule has 332 valence electrons. The third kappa shape index (κ3) is 8.15. The fraction of sp³-hybridized carbons (Fsp3) is 0. The summed E-state index contributed by atoms with van der Waals surface area (Å²) in [5.41, 5.74) is 10.5. The van der Waals surface area contributed by atoms with Gasteiger partial charge in [-0.25, -0.2) is 19.4 Å². The van der Waals surface area contributed by atoms with E-state index in [0.717, 1.165) is 83.3 Å². The van der Waals surface area contributed by atoms with Gasteiger partial charge in [0, 0.05) is 57.2 Å². The van der Waals surface area contributed by atoms with Gasteiger partial charge in [0.25, 0.3) is 0 Å². The van der Waals surface area contributed by atoms with Crippen LogP contribution in [0, 0.1) is 0 Å². The summed E-state index contributed by atoms with van der Waals surface area (Å²) in [6, 6.07) is 71.0. The summed E-state index contributed by atoms with van der Waals surface area (Å²) >= 11 is 14.3. The molecule has 1 aliphatic carbocycles. The van der Waals surface area contributed by atoms with E-state index in [4.69, 9.17) is 47.3 Å². The van der Waals surface area contributed by atoms with E-state index < -0.39 is 0 Å². The standard InChI is InChI=1S/C62H39Cl2N4O2/c63-51-37-45(31-33-49(51)61-65-57(41-19-5-1-6-20-41)58(66-61)42-21-7-2-8-22-42)69-53-35-29-39-17-13-15-27-47(39)55(53)56-48-28-16-14-18-40(48)30-36-54(56)70-46-32-34-50(52(64)38-46)62-67-59(43-23-9-3-10-24-43)60(68-62)44-25-11-4-12-26-44/h1-38H,(H,65,66)/q+1. The summed E-state index contributed by atoms with van der Waals surface area (Å²) in [5.74, 6) is 3.56. The molecule has 0 atom stereocenters. The maximum atomic E-state index is 7.18. The third-order valence-electron chi connectivity index (χ3n) is 12.4. The Morgan fingerprint density at radius 1 is 0.500 bits per heavy atom. The van der Waals surface area contributed by atoms with Gasteiger partial charge >= 0.3 is 11.5 Å². The maximum absolute atomic E-state index is 7.18. The summed E-state index contributed by atoms with van der Waals surface area (Å²) in [6.07, 6.45) is 5.66. The van der Waals surface area contributed by atoms with Gasteiger partial charge in [-0.15, -0.1) is 0 Å². The van der Waals surface area contributed by atoms with Gasteiger partial charge in [0.2, 0.25) is 0 Å².